The average Bonchev–Trinajstić information content (AvgIpc) is 2.96. The summed E-state index contributed by atoms with van der Waals surface area (Å²) < 4.78 is 5.18. The van der Waals surface area contributed by atoms with Crippen molar-refractivity contribution in [1.29, 1.82) is 0 Å². The van der Waals surface area contributed by atoms with Crippen molar-refractivity contribution in [3.63, 3.8) is 0 Å². The number of esters is 1. The molecule has 3 atom stereocenters. The highest BCUT2D eigenvalue weighted by molar-refractivity contribution is 6.09. The normalized spacial score (nSPS) is 27.5. The molecule has 0 aromatic heterocycles. The number of amides is 4. The van der Waals surface area contributed by atoms with Crippen molar-refractivity contribution in [2.75, 3.05) is 13.1 Å². The number of urea groups is 1. The van der Waals surface area contributed by atoms with Crippen LogP contribution in [0.25, 0.3) is 0 Å². The largest absolute Gasteiger partial charge is 0.451 e. The van der Waals surface area contributed by atoms with Gasteiger partial charge in [-0.15, -0.1) is 0 Å². The number of nitrogens with zero attached hydrogens (tertiary/aromatic N) is 1. The molecule has 0 unspecified atom stereocenters. The first-order chi connectivity index (χ1) is 14.3. The van der Waals surface area contributed by atoms with Crippen LogP contribution in [0.15, 0.2) is 11.6 Å². The first-order valence-corrected chi connectivity index (χ1v) is 11.1. The monoisotopic (exact) mass is 419 g/mol. The Morgan fingerprint density at radius 2 is 2.10 bits per heavy atom. The number of allylic oxidation sites excluding steroid dienone is 1. The Morgan fingerprint density at radius 3 is 2.80 bits per heavy atom. The molecule has 1 saturated heterocycles. The zero-order valence-electron chi connectivity index (χ0n) is 18.0. The number of carbonyl (C=O) groups excluding carboxylic acids is 4. The fraction of sp³-hybridized carbons (Fsp3) is 0.727. The van der Waals surface area contributed by atoms with Crippen LogP contribution in [0.2, 0.25) is 0 Å². The fourth-order valence-corrected chi connectivity index (χ4v) is 4.68. The lowest BCUT2D eigenvalue weighted by Crippen LogP contribution is -2.54. The van der Waals surface area contributed by atoms with Gasteiger partial charge in [0.25, 0.3) is 11.8 Å². The molecule has 2 fully saturated rings. The fourth-order valence-electron chi connectivity index (χ4n) is 4.68. The summed E-state index contributed by atoms with van der Waals surface area (Å²) in [6, 6.07) is -0.566. The van der Waals surface area contributed by atoms with E-state index in [1.807, 2.05) is 6.92 Å². The van der Waals surface area contributed by atoms with Gasteiger partial charge in [0, 0.05) is 6.54 Å². The maximum absolute atomic E-state index is 12.9. The Hall–Kier alpha value is -2.38. The van der Waals surface area contributed by atoms with Crippen LogP contribution in [0.1, 0.15) is 71.6 Å². The van der Waals surface area contributed by atoms with Crippen molar-refractivity contribution in [1.82, 2.24) is 15.5 Å². The highest BCUT2D eigenvalue weighted by atomic mass is 16.5. The van der Waals surface area contributed by atoms with Gasteiger partial charge in [0.15, 0.2) is 6.10 Å². The summed E-state index contributed by atoms with van der Waals surface area (Å²) in [6.45, 7) is 3.46. The highest BCUT2D eigenvalue weighted by Crippen LogP contribution is 2.38. The van der Waals surface area contributed by atoms with E-state index in [-0.39, 0.29) is 17.7 Å². The van der Waals surface area contributed by atoms with Crippen molar-refractivity contribution in [2.24, 2.45) is 5.92 Å². The van der Waals surface area contributed by atoms with E-state index in [0.29, 0.717) is 13.0 Å². The standard InChI is InChI=1S/C22H33N3O5/c1-15-8-6-7-12-22(15)20(28)25(21(29)24-22)14-18(26)30-16(2)19(27)23-13-11-17-9-4-3-5-10-17/h9,15-16H,3-8,10-14H2,1-2H3,(H,23,27)(H,24,29)/t15-,16-,22-/m0/s1. The average molecular weight is 420 g/mol. The summed E-state index contributed by atoms with van der Waals surface area (Å²) in [4.78, 5) is 50.7. The van der Waals surface area contributed by atoms with E-state index >= 15 is 0 Å². The Balaban J connectivity index is 1.46. The second-order valence-corrected chi connectivity index (χ2v) is 8.72. The van der Waals surface area contributed by atoms with Crippen LogP contribution in [0.5, 0.6) is 0 Å². The van der Waals surface area contributed by atoms with Crippen molar-refractivity contribution >= 4 is 23.8 Å². The number of hydrogen-bond acceptors (Lipinski definition) is 5. The first kappa shape index (κ1) is 22.3. The summed E-state index contributed by atoms with van der Waals surface area (Å²) in [5.41, 5.74) is 0.447. The van der Waals surface area contributed by atoms with E-state index in [0.717, 1.165) is 43.4 Å². The topological polar surface area (TPSA) is 105 Å². The molecule has 1 heterocycles. The summed E-state index contributed by atoms with van der Waals surface area (Å²) in [5.74, 6) is -1.49. The Labute approximate surface area is 177 Å². The van der Waals surface area contributed by atoms with Gasteiger partial charge < -0.3 is 15.4 Å². The van der Waals surface area contributed by atoms with Gasteiger partial charge in [-0.1, -0.05) is 31.4 Å². The molecule has 30 heavy (non-hydrogen) atoms. The van der Waals surface area contributed by atoms with Gasteiger partial charge in [0.05, 0.1) is 0 Å². The third-order valence-corrected chi connectivity index (χ3v) is 6.60. The second-order valence-electron chi connectivity index (χ2n) is 8.72. The number of rotatable bonds is 7. The van der Waals surface area contributed by atoms with Crippen molar-refractivity contribution in [3.05, 3.63) is 11.6 Å². The van der Waals surface area contributed by atoms with Gasteiger partial charge in [0.2, 0.25) is 0 Å². The van der Waals surface area contributed by atoms with Gasteiger partial charge >= 0.3 is 12.0 Å². The van der Waals surface area contributed by atoms with Gasteiger partial charge in [-0.2, -0.15) is 0 Å². The molecular formula is C22H33N3O5. The predicted octanol–water partition coefficient (Wildman–Crippen LogP) is 2.43. The lowest BCUT2D eigenvalue weighted by Gasteiger charge is -2.36. The van der Waals surface area contributed by atoms with Crippen molar-refractivity contribution in [2.45, 2.75) is 83.3 Å². The summed E-state index contributed by atoms with van der Waals surface area (Å²) in [6.07, 6.45) is 9.97. The lowest BCUT2D eigenvalue weighted by atomic mass is 9.73. The molecule has 1 saturated carbocycles. The molecule has 2 aliphatic carbocycles. The summed E-state index contributed by atoms with van der Waals surface area (Å²) >= 11 is 0. The molecule has 3 rings (SSSR count). The lowest BCUT2D eigenvalue weighted by molar-refractivity contribution is -0.157. The smallest absolute Gasteiger partial charge is 0.327 e. The molecule has 8 nitrogen and oxygen atoms in total. The number of hydrogen-bond donors (Lipinski definition) is 2. The molecule has 1 aliphatic heterocycles. The van der Waals surface area contributed by atoms with Crippen LogP contribution in [-0.2, 0) is 19.1 Å². The van der Waals surface area contributed by atoms with Crippen LogP contribution in [0, 0.1) is 5.92 Å². The van der Waals surface area contributed by atoms with E-state index < -0.39 is 30.2 Å². The molecule has 3 aliphatic rings. The van der Waals surface area contributed by atoms with Crippen LogP contribution in [0.3, 0.4) is 0 Å². The van der Waals surface area contributed by atoms with E-state index in [1.54, 1.807) is 0 Å². The third kappa shape index (κ3) is 4.84. The number of carbonyl (C=O) groups is 4. The molecule has 0 aromatic carbocycles. The summed E-state index contributed by atoms with van der Waals surface area (Å²) in [5, 5.41) is 5.59. The van der Waals surface area contributed by atoms with Crippen LogP contribution in [0.4, 0.5) is 4.79 Å². The maximum atomic E-state index is 12.9. The molecule has 2 N–H and O–H groups in total. The van der Waals surface area contributed by atoms with Crippen LogP contribution in [-0.4, -0.2) is 53.4 Å². The SMILES string of the molecule is C[C@H](OC(=O)CN1C(=O)N[C@]2(CCCC[C@@H]2C)C1=O)C(=O)NCCC1=CCCCC1. The predicted molar refractivity (Wildman–Crippen MR) is 110 cm³/mol. The minimum absolute atomic E-state index is 0.0210. The zero-order chi connectivity index (χ0) is 21.7. The minimum Gasteiger partial charge on any atom is -0.451 e. The van der Waals surface area contributed by atoms with Crippen LogP contribution < -0.4 is 10.6 Å². The van der Waals surface area contributed by atoms with Gasteiger partial charge in [0.1, 0.15) is 12.1 Å². The Bertz CT molecular complexity index is 734. The van der Waals surface area contributed by atoms with Gasteiger partial charge in [-0.3, -0.25) is 19.3 Å². The number of ether oxygens (including phenoxy) is 1. The zero-order valence-corrected chi connectivity index (χ0v) is 18.0. The molecular weight excluding hydrogens is 386 g/mol. The molecule has 1 spiro atoms. The quantitative estimate of drug-likeness (QED) is 0.375. The summed E-state index contributed by atoms with van der Waals surface area (Å²) in [7, 11) is 0. The van der Waals surface area contributed by atoms with Crippen molar-refractivity contribution < 1.29 is 23.9 Å². The van der Waals surface area contributed by atoms with Crippen LogP contribution >= 0.6 is 0 Å². The second kappa shape index (κ2) is 9.62. The highest BCUT2D eigenvalue weighted by Gasteiger charge is 2.55. The Kier molecular flexibility index (Phi) is 7.15. The molecule has 0 radical (unpaired) electrons. The maximum Gasteiger partial charge on any atom is 0.327 e. The molecule has 4 amide bonds. The third-order valence-electron chi connectivity index (χ3n) is 6.60. The molecule has 166 valence electrons. The Morgan fingerprint density at radius 1 is 1.30 bits per heavy atom. The van der Waals surface area contributed by atoms with Gasteiger partial charge in [-0.05, 0) is 57.8 Å². The van der Waals surface area contributed by atoms with E-state index in [9.17, 15) is 19.2 Å². The molecule has 0 bridgehead atoms. The van der Waals surface area contributed by atoms with Gasteiger partial charge in [-0.25, -0.2) is 4.79 Å². The number of nitrogens with one attached hydrogen (secondary N) is 2. The van der Waals surface area contributed by atoms with Crippen molar-refractivity contribution in [3.8, 4) is 0 Å². The first-order valence-electron chi connectivity index (χ1n) is 11.1. The molecule has 8 heteroatoms. The van der Waals surface area contributed by atoms with E-state index in [4.69, 9.17) is 4.74 Å². The molecule has 0 aromatic rings. The minimum atomic E-state index is -0.985. The van der Waals surface area contributed by atoms with E-state index in [1.165, 1.54) is 25.3 Å². The van der Waals surface area contributed by atoms with E-state index in [2.05, 4.69) is 16.7 Å². The number of imide groups is 1.